The highest BCUT2D eigenvalue weighted by molar-refractivity contribution is 7.87. The topological polar surface area (TPSA) is 81.7 Å². The molecule has 0 bridgehead atoms. The Kier molecular flexibility index (Phi) is 4.47. The summed E-state index contributed by atoms with van der Waals surface area (Å²) in [6.45, 7) is 3.25. The number of hydrogen-bond donors (Lipinski definition) is 3. The van der Waals surface area contributed by atoms with Crippen LogP contribution in [0.2, 0.25) is 0 Å². The first kappa shape index (κ1) is 12.9. The van der Waals surface area contributed by atoms with Crippen molar-refractivity contribution in [3.63, 3.8) is 0 Å². The number of hydrogen-bond acceptors (Lipinski definition) is 4. The summed E-state index contributed by atoms with van der Waals surface area (Å²) in [5, 5.41) is 12.5. The van der Waals surface area contributed by atoms with Crippen molar-refractivity contribution in [2.45, 2.75) is 25.5 Å². The van der Waals surface area contributed by atoms with Crippen molar-refractivity contribution in [2.75, 3.05) is 26.7 Å². The molecule has 2 atom stereocenters. The van der Waals surface area contributed by atoms with E-state index in [1.54, 1.807) is 0 Å². The molecule has 90 valence electrons. The van der Waals surface area contributed by atoms with Crippen LogP contribution in [0.5, 0.6) is 0 Å². The molecule has 0 aromatic carbocycles. The van der Waals surface area contributed by atoms with Crippen molar-refractivity contribution in [3.8, 4) is 0 Å². The molecule has 0 aromatic rings. The van der Waals surface area contributed by atoms with E-state index in [0.717, 1.165) is 6.42 Å². The Labute approximate surface area is 90.8 Å². The van der Waals surface area contributed by atoms with Gasteiger partial charge < -0.3 is 10.4 Å². The lowest BCUT2D eigenvalue weighted by molar-refractivity contribution is 0.136. The third kappa shape index (κ3) is 3.12. The fourth-order valence-corrected chi connectivity index (χ4v) is 2.77. The minimum atomic E-state index is -3.46. The molecule has 7 heteroatoms. The SMILES string of the molecule is CCCNS(=O)(=O)N(C)[C@H]1CNC[C@@H]1O. The lowest BCUT2D eigenvalue weighted by Gasteiger charge is -2.25. The number of β-amino-alcohol motifs (C(OH)–C–C–N with tert-alkyl or cyclic N) is 1. The number of nitrogens with one attached hydrogen (secondary N) is 2. The van der Waals surface area contributed by atoms with Crippen LogP contribution < -0.4 is 10.0 Å². The van der Waals surface area contributed by atoms with Crippen molar-refractivity contribution >= 4 is 10.2 Å². The van der Waals surface area contributed by atoms with Crippen LogP contribution in [0.3, 0.4) is 0 Å². The molecule has 1 aliphatic heterocycles. The van der Waals surface area contributed by atoms with Crippen LogP contribution in [0.1, 0.15) is 13.3 Å². The van der Waals surface area contributed by atoms with Gasteiger partial charge in [0.1, 0.15) is 0 Å². The van der Waals surface area contributed by atoms with Gasteiger partial charge in [-0.1, -0.05) is 6.92 Å². The Morgan fingerprint density at radius 2 is 2.20 bits per heavy atom. The van der Waals surface area contributed by atoms with E-state index in [1.165, 1.54) is 11.4 Å². The molecule has 1 fully saturated rings. The number of aliphatic hydroxyl groups is 1. The number of nitrogens with zero attached hydrogens (tertiary/aromatic N) is 1. The third-order valence-electron chi connectivity index (χ3n) is 2.53. The predicted molar refractivity (Wildman–Crippen MR) is 57.6 cm³/mol. The third-order valence-corrected chi connectivity index (χ3v) is 4.13. The highest BCUT2D eigenvalue weighted by Gasteiger charge is 2.34. The number of rotatable bonds is 5. The van der Waals surface area contributed by atoms with E-state index in [9.17, 15) is 13.5 Å². The van der Waals surface area contributed by atoms with Gasteiger partial charge in [0.25, 0.3) is 10.2 Å². The zero-order valence-electron chi connectivity index (χ0n) is 9.10. The molecule has 15 heavy (non-hydrogen) atoms. The highest BCUT2D eigenvalue weighted by Crippen LogP contribution is 2.10. The maximum Gasteiger partial charge on any atom is 0.279 e. The molecule has 1 saturated heterocycles. The van der Waals surface area contributed by atoms with Crippen molar-refractivity contribution in [2.24, 2.45) is 0 Å². The van der Waals surface area contributed by atoms with Crippen molar-refractivity contribution in [1.29, 1.82) is 0 Å². The van der Waals surface area contributed by atoms with Gasteiger partial charge >= 0.3 is 0 Å². The van der Waals surface area contributed by atoms with E-state index in [2.05, 4.69) is 10.0 Å². The van der Waals surface area contributed by atoms with E-state index >= 15 is 0 Å². The van der Waals surface area contributed by atoms with Gasteiger partial charge in [0.05, 0.1) is 12.1 Å². The largest absolute Gasteiger partial charge is 0.390 e. The fraction of sp³-hybridized carbons (Fsp3) is 1.00. The number of likely N-dealkylation sites (N-methyl/N-ethyl adjacent to an activating group) is 1. The van der Waals surface area contributed by atoms with E-state index in [1.807, 2.05) is 6.92 Å². The molecule has 1 rings (SSSR count). The first-order valence-electron chi connectivity index (χ1n) is 5.10. The fourth-order valence-electron chi connectivity index (χ4n) is 1.53. The molecule has 0 saturated carbocycles. The van der Waals surface area contributed by atoms with E-state index in [4.69, 9.17) is 0 Å². The Morgan fingerprint density at radius 3 is 2.67 bits per heavy atom. The molecule has 0 amide bonds. The van der Waals surface area contributed by atoms with Gasteiger partial charge in [0.2, 0.25) is 0 Å². The zero-order valence-corrected chi connectivity index (χ0v) is 9.92. The second kappa shape index (κ2) is 5.22. The molecule has 0 radical (unpaired) electrons. The van der Waals surface area contributed by atoms with Gasteiger partial charge in [-0.2, -0.15) is 12.7 Å². The Morgan fingerprint density at radius 1 is 1.53 bits per heavy atom. The van der Waals surface area contributed by atoms with E-state index in [-0.39, 0.29) is 6.04 Å². The molecule has 1 heterocycles. The highest BCUT2D eigenvalue weighted by atomic mass is 32.2. The van der Waals surface area contributed by atoms with E-state index in [0.29, 0.717) is 19.6 Å². The summed E-state index contributed by atoms with van der Waals surface area (Å²) in [4.78, 5) is 0. The van der Waals surface area contributed by atoms with Gasteiger partial charge in [-0.25, -0.2) is 4.72 Å². The van der Waals surface area contributed by atoms with Crippen LogP contribution in [0, 0.1) is 0 Å². The molecule has 0 aromatic heterocycles. The molecular formula is C8H19N3O3S. The Bertz CT molecular complexity index is 294. The molecule has 1 aliphatic rings. The molecule has 6 nitrogen and oxygen atoms in total. The van der Waals surface area contributed by atoms with Crippen LogP contribution in [-0.2, 0) is 10.2 Å². The van der Waals surface area contributed by atoms with Crippen molar-refractivity contribution in [1.82, 2.24) is 14.3 Å². The first-order valence-corrected chi connectivity index (χ1v) is 6.54. The molecule has 0 spiro atoms. The van der Waals surface area contributed by atoms with Gasteiger partial charge in [-0.05, 0) is 6.42 Å². The monoisotopic (exact) mass is 237 g/mol. The normalized spacial score (nSPS) is 27.5. The Balaban J connectivity index is 2.62. The Hall–Kier alpha value is -0.210. The minimum absolute atomic E-state index is 0.376. The summed E-state index contributed by atoms with van der Waals surface area (Å²) in [5.41, 5.74) is 0. The minimum Gasteiger partial charge on any atom is -0.390 e. The quantitative estimate of drug-likeness (QED) is 0.543. The van der Waals surface area contributed by atoms with Crippen LogP contribution in [-0.4, -0.2) is 56.7 Å². The lowest BCUT2D eigenvalue weighted by Crippen LogP contribution is -2.49. The van der Waals surface area contributed by atoms with Gasteiger partial charge in [0, 0.05) is 26.7 Å². The second-order valence-corrected chi connectivity index (χ2v) is 5.52. The van der Waals surface area contributed by atoms with Gasteiger partial charge in [-0.15, -0.1) is 0 Å². The summed E-state index contributed by atoms with van der Waals surface area (Å²) in [6.07, 6.45) is 0.117. The van der Waals surface area contributed by atoms with Gasteiger partial charge in [-0.3, -0.25) is 0 Å². The lowest BCUT2D eigenvalue weighted by atomic mass is 10.2. The average Bonchev–Trinajstić information content (AvgIpc) is 2.60. The maximum atomic E-state index is 11.7. The summed E-state index contributed by atoms with van der Waals surface area (Å²) in [6, 6.07) is -0.376. The maximum absolute atomic E-state index is 11.7. The summed E-state index contributed by atoms with van der Waals surface area (Å²) in [5.74, 6) is 0. The number of aliphatic hydroxyl groups excluding tert-OH is 1. The van der Waals surface area contributed by atoms with Crippen LogP contribution in [0.25, 0.3) is 0 Å². The van der Waals surface area contributed by atoms with Crippen LogP contribution >= 0.6 is 0 Å². The zero-order chi connectivity index (χ0) is 11.5. The second-order valence-electron chi connectivity index (χ2n) is 3.71. The summed E-state index contributed by atoms with van der Waals surface area (Å²) in [7, 11) is -1.97. The van der Waals surface area contributed by atoms with Gasteiger partial charge in [0.15, 0.2) is 0 Å². The summed E-state index contributed by atoms with van der Waals surface area (Å²) < 4.78 is 27.1. The first-order chi connectivity index (χ1) is 6.99. The van der Waals surface area contributed by atoms with Crippen LogP contribution in [0.4, 0.5) is 0 Å². The molecule has 0 unspecified atom stereocenters. The smallest absolute Gasteiger partial charge is 0.279 e. The molecular weight excluding hydrogens is 218 g/mol. The van der Waals surface area contributed by atoms with Crippen LogP contribution in [0.15, 0.2) is 0 Å². The molecule has 3 N–H and O–H groups in total. The van der Waals surface area contributed by atoms with Crippen molar-refractivity contribution in [3.05, 3.63) is 0 Å². The average molecular weight is 237 g/mol. The molecule has 0 aliphatic carbocycles. The predicted octanol–water partition coefficient (Wildman–Crippen LogP) is -1.50. The standard InChI is InChI=1S/C8H19N3O3S/c1-3-4-10-15(13,14)11(2)7-5-9-6-8(7)12/h7-10,12H,3-6H2,1-2H3/t7-,8-/m0/s1. The summed E-state index contributed by atoms with van der Waals surface area (Å²) >= 11 is 0. The van der Waals surface area contributed by atoms with Crippen molar-refractivity contribution < 1.29 is 13.5 Å². The van der Waals surface area contributed by atoms with E-state index < -0.39 is 16.3 Å².